The Morgan fingerprint density at radius 1 is 1.09 bits per heavy atom. The molecule has 0 atom stereocenters. The number of fused-ring (bicyclic) bond motifs is 1. The summed E-state index contributed by atoms with van der Waals surface area (Å²) < 4.78 is 51.1. The molecular weight excluding hydrogens is 445 g/mol. The van der Waals surface area contributed by atoms with Gasteiger partial charge in [-0.1, -0.05) is 11.6 Å². The molecule has 2 aromatic carbocycles. The first kappa shape index (κ1) is 20.7. The number of rotatable bonds is 5. The number of nitrogens with one attached hydrogen (secondary N) is 1. The minimum atomic E-state index is -1.30. The normalized spacial score (nSPS) is 14.3. The van der Waals surface area contributed by atoms with Gasteiger partial charge in [0.25, 0.3) is 0 Å². The van der Waals surface area contributed by atoms with E-state index in [2.05, 4.69) is 15.2 Å². The van der Waals surface area contributed by atoms with Gasteiger partial charge in [-0.05, 0) is 51.0 Å². The first-order valence-electron chi connectivity index (χ1n) is 9.94. The highest BCUT2D eigenvalue weighted by Gasteiger charge is 2.39. The summed E-state index contributed by atoms with van der Waals surface area (Å²) in [6.07, 6.45) is 3.21. The van der Waals surface area contributed by atoms with E-state index >= 15 is 0 Å². The first-order chi connectivity index (χ1) is 15.2. The summed E-state index contributed by atoms with van der Waals surface area (Å²) >= 11 is 5.70. The minimum absolute atomic E-state index is 0.00695. The Morgan fingerprint density at radius 3 is 2.44 bits per heavy atom. The highest BCUT2D eigenvalue weighted by molar-refractivity contribution is 6.30. The average Bonchev–Trinajstić information content (AvgIpc) is 3.36. The Bertz CT molecular complexity index is 1340. The fraction of sp³-hybridized carbons (Fsp3) is 0.273. The van der Waals surface area contributed by atoms with E-state index in [1.54, 1.807) is 30.7 Å². The maximum Gasteiger partial charge on any atom is 0.196 e. The van der Waals surface area contributed by atoms with Gasteiger partial charge in [0.2, 0.25) is 0 Å². The Morgan fingerprint density at radius 2 is 1.78 bits per heavy atom. The van der Waals surface area contributed by atoms with Gasteiger partial charge < -0.3 is 19.4 Å². The van der Waals surface area contributed by atoms with Crippen molar-refractivity contribution in [3.63, 3.8) is 0 Å². The predicted octanol–water partition coefficient (Wildman–Crippen LogP) is 5.85. The third kappa shape index (κ3) is 3.37. The number of aromatic nitrogens is 4. The van der Waals surface area contributed by atoms with Crippen molar-refractivity contribution in [1.82, 2.24) is 19.7 Å². The molecule has 0 spiro atoms. The molecule has 2 N–H and O–H groups in total. The van der Waals surface area contributed by atoms with E-state index in [1.165, 1.54) is 6.07 Å². The van der Waals surface area contributed by atoms with Crippen LogP contribution >= 0.6 is 11.6 Å². The SMILES string of the molecule is CC(C)(Oc1c(F)cc(Cl)cc1F)c1nnc(-c2cc3c[nH]c(O)c3cc2F)n1C1CC1. The first-order valence-corrected chi connectivity index (χ1v) is 10.3. The van der Waals surface area contributed by atoms with Crippen LogP contribution in [0.4, 0.5) is 13.2 Å². The van der Waals surface area contributed by atoms with Crippen LogP contribution in [-0.4, -0.2) is 24.9 Å². The smallest absolute Gasteiger partial charge is 0.196 e. The van der Waals surface area contributed by atoms with Crippen molar-refractivity contribution in [3.8, 4) is 23.0 Å². The largest absolute Gasteiger partial charge is 0.494 e. The molecule has 1 saturated carbocycles. The van der Waals surface area contributed by atoms with E-state index in [1.807, 2.05) is 0 Å². The van der Waals surface area contributed by atoms with Crippen molar-refractivity contribution in [1.29, 1.82) is 0 Å². The maximum atomic E-state index is 15.0. The summed E-state index contributed by atoms with van der Waals surface area (Å²) in [4.78, 5) is 2.65. The number of benzene rings is 2. The van der Waals surface area contributed by atoms with Gasteiger partial charge in [-0.25, -0.2) is 13.2 Å². The molecule has 0 radical (unpaired) electrons. The van der Waals surface area contributed by atoms with Crippen molar-refractivity contribution >= 4 is 22.4 Å². The van der Waals surface area contributed by atoms with Gasteiger partial charge in [0, 0.05) is 28.0 Å². The van der Waals surface area contributed by atoms with E-state index in [0.717, 1.165) is 25.0 Å². The zero-order chi connectivity index (χ0) is 22.8. The summed E-state index contributed by atoms with van der Waals surface area (Å²) in [6, 6.07) is 4.73. The number of hydrogen-bond acceptors (Lipinski definition) is 4. The second kappa shape index (κ2) is 7.16. The van der Waals surface area contributed by atoms with E-state index in [0.29, 0.717) is 16.6 Å². The highest BCUT2D eigenvalue weighted by atomic mass is 35.5. The van der Waals surface area contributed by atoms with Crippen LogP contribution in [0.2, 0.25) is 5.02 Å². The van der Waals surface area contributed by atoms with Gasteiger partial charge in [-0.3, -0.25) is 0 Å². The van der Waals surface area contributed by atoms with Crippen LogP contribution in [0.1, 0.15) is 38.6 Å². The maximum absolute atomic E-state index is 15.0. The van der Waals surface area contributed by atoms with Gasteiger partial charge in [-0.15, -0.1) is 10.2 Å². The molecule has 1 aliphatic carbocycles. The standard InChI is InChI=1S/C22H18ClF3N4O2/c1-22(2,32-18-16(25)6-11(23)7-17(18)26)21-29-28-19(30(21)12-3-4-12)14-5-10-9-27-20(31)13(10)8-15(14)24/h5-9,12,27,31H,3-4H2,1-2H3. The molecule has 0 amide bonds. The second-order valence-electron chi connectivity index (χ2n) is 8.32. The lowest BCUT2D eigenvalue weighted by molar-refractivity contribution is 0.0825. The molecule has 166 valence electrons. The Kier molecular flexibility index (Phi) is 4.63. The minimum Gasteiger partial charge on any atom is -0.494 e. The molecule has 32 heavy (non-hydrogen) atoms. The second-order valence-corrected chi connectivity index (χ2v) is 8.75. The van der Waals surface area contributed by atoms with E-state index in [4.69, 9.17) is 16.3 Å². The summed E-state index contributed by atoms with van der Waals surface area (Å²) in [6.45, 7) is 3.22. The molecule has 1 fully saturated rings. The average molecular weight is 463 g/mol. The van der Waals surface area contributed by atoms with Crippen molar-refractivity contribution in [2.75, 3.05) is 0 Å². The molecular formula is C22H18ClF3N4O2. The topological polar surface area (TPSA) is 76.0 Å². The van der Waals surface area contributed by atoms with Crippen molar-refractivity contribution in [2.24, 2.45) is 0 Å². The summed E-state index contributed by atoms with van der Waals surface area (Å²) in [5.74, 6) is -2.59. The molecule has 4 aromatic rings. The molecule has 10 heteroatoms. The third-order valence-corrected chi connectivity index (χ3v) is 5.68. The number of aromatic hydroxyl groups is 1. The van der Waals surface area contributed by atoms with Crippen molar-refractivity contribution in [2.45, 2.75) is 38.3 Å². The van der Waals surface area contributed by atoms with Crippen molar-refractivity contribution in [3.05, 3.63) is 58.8 Å². The molecule has 0 saturated heterocycles. The van der Waals surface area contributed by atoms with Crippen LogP contribution in [0.15, 0.2) is 30.5 Å². The zero-order valence-corrected chi connectivity index (χ0v) is 17.8. The monoisotopic (exact) mass is 462 g/mol. The Labute approximate surface area is 185 Å². The lowest BCUT2D eigenvalue weighted by atomic mass is 10.1. The van der Waals surface area contributed by atoms with Gasteiger partial charge in [0.1, 0.15) is 5.82 Å². The number of nitrogens with zero attached hydrogens (tertiary/aromatic N) is 3. The fourth-order valence-electron chi connectivity index (χ4n) is 3.80. The van der Waals surface area contributed by atoms with Crippen LogP contribution < -0.4 is 4.74 Å². The van der Waals surface area contributed by atoms with Crippen LogP contribution in [0.5, 0.6) is 11.6 Å². The molecule has 2 aromatic heterocycles. The third-order valence-electron chi connectivity index (χ3n) is 5.47. The molecule has 5 rings (SSSR count). The van der Waals surface area contributed by atoms with E-state index in [9.17, 15) is 18.3 Å². The predicted molar refractivity (Wildman–Crippen MR) is 112 cm³/mol. The Balaban J connectivity index is 1.61. The highest BCUT2D eigenvalue weighted by Crippen LogP contribution is 2.43. The summed E-state index contributed by atoms with van der Waals surface area (Å²) in [5, 5.41) is 19.1. The lowest BCUT2D eigenvalue weighted by Crippen LogP contribution is -2.30. The van der Waals surface area contributed by atoms with Crippen molar-refractivity contribution < 1.29 is 23.0 Å². The van der Waals surface area contributed by atoms with Gasteiger partial charge in [-0.2, -0.15) is 0 Å². The zero-order valence-electron chi connectivity index (χ0n) is 17.1. The van der Waals surface area contributed by atoms with Crippen LogP contribution in [0, 0.1) is 17.5 Å². The number of aromatic amines is 1. The van der Waals surface area contributed by atoms with Gasteiger partial charge >= 0.3 is 0 Å². The lowest BCUT2D eigenvalue weighted by Gasteiger charge is -2.27. The summed E-state index contributed by atoms with van der Waals surface area (Å²) in [5.41, 5.74) is -1.10. The molecule has 0 aliphatic heterocycles. The van der Waals surface area contributed by atoms with E-state index in [-0.39, 0.29) is 28.3 Å². The van der Waals surface area contributed by atoms with Crippen LogP contribution in [0.3, 0.4) is 0 Å². The molecule has 1 aliphatic rings. The molecule has 0 bridgehead atoms. The molecule has 0 unspecified atom stereocenters. The van der Waals surface area contributed by atoms with Crippen LogP contribution in [0.25, 0.3) is 22.2 Å². The number of H-pyrrole nitrogens is 1. The fourth-order valence-corrected chi connectivity index (χ4v) is 3.99. The summed E-state index contributed by atoms with van der Waals surface area (Å²) in [7, 11) is 0. The number of ether oxygens (including phenoxy) is 1. The number of hydrogen-bond donors (Lipinski definition) is 2. The quantitative estimate of drug-likeness (QED) is 0.390. The number of halogens is 4. The molecule has 6 nitrogen and oxygen atoms in total. The van der Waals surface area contributed by atoms with Gasteiger partial charge in [0.05, 0.1) is 5.56 Å². The van der Waals surface area contributed by atoms with Gasteiger partial charge in [0.15, 0.2) is 40.5 Å². The van der Waals surface area contributed by atoms with E-state index < -0.39 is 28.8 Å². The Hall–Kier alpha value is -3.20. The molecule has 2 heterocycles. The van der Waals surface area contributed by atoms with Crippen LogP contribution in [-0.2, 0) is 5.60 Å².